The molecule has 0 aromatic carbocycles. The van der Waals surface area contributed by atoms with E-state index in [0.717, 1.165) is 19.8 Å². The van der Waals surface area contributed by atoms with Gasteiger partial charge in [0.05, 0.1) is 6.54 Å². The first-order valence-corrected chi connectivity index (χ1v) is 6.32. The highest BCUT2D eigenvalue weighted by Gasteiger charge is 2.34. The van der Waals surface area contributed by atoms with Gasteiger partial charge in [-0.15, -0.1) is 0 Å². The first-order chi connectivity index (χ1) is 9.08. The second-order valence-electron chi connectivity index (χ2n) is 4.47. The van der Waals surface area contributed by atoms with Gasteiger partial charge in [-0.1, -0.05) is 6.42 Å². The van der Waals surface area contributed by atoms with Crippen LogP contribution in [0.5, 0.6) is 0 Å². The van der Waals surface area contributed by atoms with Crippen LogP contribution < -0.4 is 5.73 Å². The summed E-state index contributed by atoms with van der Waals surface area (Å²) in [7, 11) is -0.298. The summed E-state index contributed by atoms with van der Waals surface area (Å²) in [6.07, 6.45) is 2.53. The number of amides is 1. The molecule has 1 aliphatic rings. The minimum atomic E-state index is -1.30. The molecule has 1 heterocycles. The predicted molar refractivity (Wildman–Crippen MR) is 71.1 cm³/mol. The highest BCUT2D eigenvalue weighted by molar-refractivity contribution is 6.40. The van der Waals surface area contributed by atoms with Crippen molar-refractivity contribution in [2.45, 2.75) is 19.2 Å². The molecule has 0 aliphatic carbocycles. The molecule has 2 atom stereocenters. The number of rotatable bonds is 6. The van der Waals surface area contributed by atoms with Crippen molar-refractivity contribution >= 4 is 19.3 Å². The van der Waals surface area contributed by atoms with Crippen molar-refractivity contribution in [3.8, 4) is 0 Å². The molecule has 1 rings (SSSR count). The van der Waals surface area contributed by atoms with E-state index in [2.05, 4.69) is 0 Å². The Bertz CT molecular complexity index is 278. The van der Waals surface area contributed by atoms with Crippen LogP contribution in [-0.2, 0) is 9.59 Å². The highest BCUT2D eigenvalue weighted by atomic mass is 16.4. The van der Waals surface area contributed by atoms with E-state index in [9.17, 15) is 9.59 Å². The number of carbonyl (C=O) groups is 2. The fourth-order valence-electron chi connectivity index (χ4n) is 2.25. The molecule has 5 N–H and O–H groups in total. The maximum atomic E-state index is 11.4. The van der Waals surface area contributed by atoms with Crippen molar-refractivity contribution in [3.05, 3.63) is 0 Å². The summed E-state index contributed by atoms with van der Waals surface area (Å²) in [5.41, 5.74) is 5.28. The fraction of sp³-hybridized carbons (Fsp3) is 0.818. The van der Waals surface area contributed by atoms with Crippen molar-refractivity contribution < 1.29 is 24.7 Å². The molecule has 0 spiro atoms. The van der Waals surface area contributed by atoms with Gasteiger partial charge in [0, 0.05) is 26.1 Å². The summed E-state index contributed by atoms with van der Waals surface area (Å²) in [5.74, 6) is -0.176. The second-order valence-corrected chi connectivity index (χ2v) is 4.47. The van der Waals surface area contributed by atoms with Crippen LogP contribution in [0.4, 0.5) is 0 Å². The van der Waals surface area contributed by atoms with E-state index in [1.54, 1.807) is 4.90 Å². The van der Waals surface area contributed by atoms with Crippen molar-refractivity contribution in [1.29, 1.82) is 0 Å². The summed E-state index contributed by atoms with van der Waals surface area (Å²) in [4.78, 5) is 23.9. The molecule has 1 amide bonds. The third kappa shape index (κ3) is 6.15. The van der Waals surface area contributed by atoms with E-state index in [-0.39, 0.29) is 24.3 Å². The highest BCUT2D eigenvalue weighted by Crippen LogP contribution is 2.26. The van der Waals surface area contributed by atoms with Crippen molar-refractivity contribution in [1.82, 2.24) is 4.90 Å². The molecule has 0 saturated carbocycles. The Morgan fingerprint density at radius 1 is 1.42 bits per heavy atom. The Labute approximate surface area is 113 Å². The minimum absolute atomic E-state index is 0.0341. The molecular formula is C11H23BN2O5. The first-order valence-electron chi connectivity index (χ1n) is 6.32. The number of aldehydes is 1. The van der Waals surface area contributed by atoms with E-state index >= 15 is 0 Å². The maximum Gasteiger partial charge on any atom is 0.451 e. The van der Waals surface area contributed by atoms with E-state index in [0.29, 0.717) is 25.8 Å². The van der Waals surface area contributed by atoms with Crippen molar-refractivity contribution in [2.75, 3.05) is 26.7 Å². The second kappa shape index (κ2) is 9.91. The molecule has 110 valence electrons. The van der Waals surface area contributed by atoms with Gasteiger partial charge < -0.3 is 30.6 Å². The molecule has 1 saturated heterocycles. The summed E-state index contributed by atoms with van der Waals surface area (Å²) >= 11 is 0. The topological polar surface area (TPSA) is 124 Å². The molecule has 0 aromatic rings. The summed E-state index contributed by atoms with van der Waals surface area (Å²) in [6, 6.07) is 0. The van der Waals surface area contributed by atoms with E-state index < -0.39 is 7.12 Å². The minimum Gasteiger partial charge on any atom is -0.427 e. The van der Waals surface area contributed by atoms with Crippen LogP contribution in [0.15, 0.2) is 0 Å². The average molecular weight is 274 g/mol. The monoisotopic (exact) mass is 274 g/mol. The maximum absolute atomic E-state index is 11.4. The van der Waals surface area contributed by atoms with Gasteiger partial charge in [0.15, 0.2) is 0 Å². The van der Waals surface area contributed by atoms with Crippen LogP contribution in [0.1, 0.15) is 12.8 Å². The largest absolute Gasteiger partial charge is 0.451 e. The summed E-state index contributed by atoms with van der Waals surface area (Å²) < 4.78 is 0. The van der Waals surface area contributed by atoms with Gasteiger partial charge in [0.1, 0.15) is 6.29 Å². The average Bonchev–Trinajstić information content (AvgIpc) is 2.83. The van der Waals surface area contributed by atoms with Gasteiger partial charge >= 0.3 is 7.12 Å². The number of nitrogens with zero attached hydrogens (tertiary/aromatic N) is 1. The van der Waals surface area contributed by atoms with Gasteiger partial charge in [-0.25, -0.2) is 0 Å². The SMILES string of the molecule is CO.NCC(=O)N1CC(C=O)C(CCCB(O)O)C1. The van der Waals surface area contributed by atoms with Gasteiger partial charge in [0.25, 0.3) is 0 Å². The van der Waals surface area contributed by atoms with Crippen LogP contribution in [-0.4, -0.2) is 66.1 Å². The van der Waals surface area contributed by atoms with Gasteiger partial charge in [-0.05, 0) is 18.7 Å². The van der Waals surface area contributed by atoms with E-state index in [1.807, 2.05) is 0 Å². The lowest BCUT2D eigenvalue weighted by atomic mass is 9.81. The summed E-state index contributed by atoms with van der Waals surface area (Å²) in [6.45, 7) is 0.945. The standard InChI is InChI=1S/C10H19BN2O4.CH4O/c12-4-10(15)13-5-8(9(6-13)7-14)2-1-3-11(16)17;1-2/h7-9,16-17H,1-6,12H2;2H,1H3. The number of carbonyl (C=O) groups excluding carboxylic acids is 2. The van der Waals surface area contributed by atoms with Crippen LogP contribution in [0.25, 0.3) is 0 Å². The lowest BCUT2D eigenvalue weighted by Gasteiger charge is -2.15. The lowest BCUT2D eigenvalue weighted by molar-refractivity contribution is -0.128. The smallest absolute Gasteiger partial charge is 0.427 e. The zero-order valence-electron chi connectivity index (χ0n) is 11.2. The lowest BCUT2D eigenvalue weighted by Crippen LogP contribution is -2.34. The van der Waals surface area contributed by atoms with Crippen LogP contribution in [0.3, 0.4) is 0 Å². The predicted octanol–water partition coefficient (Wildman–Crippen LogP) is -1.92. The van der Waals surface area contributed by atoms with Crippen LogP contribution in [0, 0.1) is 11.8 Å². The summed E-state index contributed by atoms with van der Waals surface area (Å²) in [5, 5.41) is 24.5. The fourth-order valence-corrected chi connectivity index (χ4v) is 2.25. The molecule has 19 heavy (non-hydrogen) atoms. The van der Waals surface area contributed by atoms with Gasteiger partial charge in [-0.2, -0.15) is 0 Å². The van der Waals surface area contributed by atoms with Gasteiger partial charge in [0.2, 0.25) is 5.91 Å². The van der Waals surface area contributed by atoms with Crippen LogP contribution in [0.2, 0.25) is 6.32 Å². The molecule has 1 fully saturated rings. The van der Waals surface area contributed by atoms with Crippen molar-refractivity contribution in [2.24, 2.45) is 17.6 Å². The Morgan fingerprint density at radius 3 is 2.53 bits per heavy atom. The Morgan fingerprint density at radius 2 is 2.05 bits per heavy atom. The zero-order valence-corrected chi connectivity index (χ0v) is 11.2. The zero-order chi connectivity index (χ0) is 14.8. The van der Waals surface area contributed by atoms with E-state index in [4.69, 9.17) is 20.9 Å². The normalized spacial score (nSPS) is 21.6. The third-order valence-electron chi connectivity index (χ3n) is 3.23. The Kier molecular flexibility index (Phi) is 9.41. The molecule has 0 bridgehead atoms. The molecule has 2 unspecified atom stereocenters. The quantitative estimate of drug-likeness (QED) is 0.330. The molecule has 0 aromatic heterocycles. The number of hydrogen-bond acceptors (Lipinski definition) is 6. The number of nitrogens with two attached hydrogens (primary N) is 1. The Hall–Kier alpha value is -0.955. The first kappa shape index (κ1) is 18.0. The molecule has 8 heteroatoms. The molecule has 7 nitrogen and oxygen atoms in total. The Balaban J connectivity index is 0.00000154. The van der Waals surface area contributed by atoms with Crippen molar-refractivity contribution in [3.63, 3.8) is 0 Å². The molecule has 0 radical (unpaired) electrons. The van der Waals surface area contributed by atoms with Gasteiger partial charge in [-0.3, -0.25) is 4.79 Å². The third-order valence-corrected chi connectivity index (χ3v) is 3.23. The van der Waals surface area contributed by atoms with E-state index in [1.165, 1.54) is 0 Å². The molecular weight excluding hydrogens is 251 g/mol. The number of aliphatic hydroxyl groups is 1. The number of likely N-dealkylation sites (tertiary alicyclic amines) is 1. The number of aliphatic hydroxyl groups excluding tert-OH is 1. The number of hydrogen-bond donors (Lipinski definition) is 4. The van der Waals surface area contributed by atoms with Crippen LogP contribution >= 0.6 is 0 Å². The molecule has 1 aliphatic heterocycles.